The summed E-state index contributed by atoms with van der Waals surface area (Å²) in [7, 11) is 0. The fraction of sp³-hybridized carbons (Fsp3) is 0.200. The third-order valence-electron chi connectivity index (χ3n) is 3.48. The largest absolute Gasteiger partial charge is 0.451 e. The number of carbonyl (C=O) groups is 1. The Balaban J connectivity index is 2.02. The topological polar surface area (TPSA) is 81.2 Å². The number of halogens is 3. The molecule has 2 N–H and O–H groups in total. The zero-order chi connectivity index (χ0) is 16.6. The Morgan fingerprint density at radius 1 is 1.09 bits per heavy atom. The molecule has 0 saturated carbocycles. The van der Waals surface area contributed by atoms with Crippen molar-refractivity contribution in [1.82, 2.24) is 9.97 Å². The van der Waals surface area contributed by atoms with Crippen molar-refractivity contribution in [2.24, 2.45) is 10.7 Å². The first-order chi connectivity index (χ1) is 10.9. The lowest BCUT2D eigenvalue weighted by Crippen LogP contribution is -2.24. The van der Waals surface area contributed by atoms with E-state index in [4.69, 9.17) is 5.73 Å². The molecule has 0 unspecified atom stereocenters. The second-order valence-electron chi connectivity index (χ2n) is 4.94. The Bertz CT molecular complexity index is 797. The Kier molecular flexibility index (Phi) is 3.69. The van der Waals surface area contributed by atoms with Crippen LogP contribution in [0, 0.1) is 0 Å². The average Bonchev–Trinajstić information content (AvgIpc) is 2.54. The molecule has 0 saturated heterocycles. The number of aliphatic imine (C=N–C) groups is 1. The van der Waals surface area contributed by atoms with E-state index >= 15 is 0 Å². The molecule has 8 heteroatoms. The molecular formula is C15H11F3N4O. The van der Waals surface area contributed by atoms with Crippen LogP contribution in [0.1, 0.15) is 21.7 Å². The molecule has 1 aliphatic rings. The highest BCUT2D eigenvalue weighted by molar-refractivity contribution is 6.16. The maximum absolute atomic E-state index is 12.5. The normalized spacial score (nSPS) is 14.4. The van der Waals surface area contributed by atoms with Gasteiger partial charge in [0.15, 0.2) is 5.78 Å². The van der Waals surface area contributed by atoms with Gasteiger partial charge >= 0.3 is 6.18 Å². The molecule has 0 amide bonds. The number of fused-ring (bicyclic) bond motifs is 1. The molecule has 0 bridgehead atoms. The van der Waals surface area contributed by atoms with Gasteiger partial charge in [-0.05, 0) is 11.6 Å². The second kappa shape index (κ2) is 5.54. The first-order valence-electron chi connectivity index (χ1n) is 6.71. The standard InChI is InChI=1S/C15H11F3N4O/c16-15(17,18)14-21-5-9(6-22-14)8-1-2-10-11(3-8)12(4-19)20-7-13(10)23/h1-3,5-6H,4,7,19H2. The van der Waals surface area contributed by atoms with E-state index in [1.807, 2.05) is 0 Å². The van der Waals surface area contributed by atoms with E-state index in [2.05, 4.69) is 15.0 Å². The predicted molar refractivity (Wildman–Crippen MR) is 77.3 cm³/mol. The molecule has 1 aromatic heterocycles. The molecule has 1 aromatic carbocycles. The lowest BCUT2D eigenvalue weighted by molar-refractivity contribution is -0.144. The minimum absolute atomic E-state index is 0.0578. The Labute approximate surface area is 129 Å². The maximum Gasteiger partial charge on any atom is 0.451 e. The summed E-state index contributed by atoms with van der Waals surface area (Å²) in [6.07, 6.45) is -2.39. The van der Waals surface area contributed by atoms with Crippen molar-refractivity contribution in [1.29, 1.82) is 0 Å². The molecule has 118 valence electrons. The zero-order valence-electron chi connectivity index (χ0n) is 11.8. The van der Waals surface area contributed by atoms with Crippen LogP contribution in [0.5, 0.6) is 0 Å². The van der Waals surface area contributed by atoms with Crippen LogP contribution in [0.3, 0.4) is 0 Å². The summed E-state index contributed by atoms with van der Waals surface area (Å²) in [6, 6.07) is 4.93. The highest BCUT2D eigenvalue weighted by Crippen LogP contribution is 2.28. The summed E-state index contributed by atoms with van der Waals surface area (Å²) in [5, 5.41) is 0. The van der Waals surface area contributed by atoms with Gasteiger partial charge in [-0.15, -0.1) is 0 Å². The quantitative estimate of drug-likeness (QED) is 0.919. The van der Waals surface area contributed by atoms with Gasteiger partial charge in [0.05, 0.1) is 5.71 Å². The van der Waals surface area contributed by atoms with Crippen LogP contribution < -0.4 is 5.73 Å². The monoisotopic (exact) mass is 320 g/mol. The van der Waals surface area contributed by atoms with Gasteiger partial charge in [-0.2, -0.15) is 13.2 Å². The molecule has 0 spiro atoms. The van der Waals surface area contributed by atoms with Gasteiger partial charge in [-0.25, -0.2) is 9.97 Å². The van der Waals surface area contributed by atoms with Gasteiger partial charge in [-0.3, -0.25) is 9.79 Å². The van der Waals surface area contributed by atoms with E-state index in [9.17, 15) is 18.0 Å². The van der Waals surface area contributed by atoms with E-state index < -0.39 is 12.0 Å². The summed E-state index contributed by atoms with van der Waals surface area (Å²) in [4.78, 5) is 22.6. The van der Waals surface area contributed by atoms with Gasteiger partial charge in [0.2, 0.25) is 5.82 Å². The summed E-state index contributed by atoms with van der Waals surface area (Å²) in [5.41, 5.74) is 8.33. The number of hydrogen-bond donors (Lipinski definition) is 1. The van der Waals surface area contributed by atoms with E-state index in [-0.39, 0.29) is 18.9 Å². The maximum atomic E-state index is 12.5. The number of aromatic nitrogens is 2. The van der Waals surface area contributed by atoms with Crippen LogP contribution in [-0.4, -0.2) is 34.6 Å². The Hall–Kier alpha value is -2.61. The third-order valence-corrected chi connectivity index (χ3v) is 3.48. The predicted octanol–water partition coefficient (Wildman–Crippen LogP) is 2.11. The number of rotatable bonds is 2. The van der Waals surface area contributed by atoms with Gasteiger partial charge < -0.3 is 5.73 Å². The average molecular weight is 320 g/mol. The molecule has 5 nitrogen and oxygen atoms in total. The summed E-state index contributed by atoms with van der Waals surface area (Å²) < 4.78 is 37.5. The van der Waals surface area contributed by atoms with Crippen molar-refractivity contribution in [2.75, 3.05) is 13.1 Å². The van der Waals surface area contributed by atoms with Crippen LogP contribution in [0.25, 0.3) is 11.1 Å². The third kappa shape index (κ3) is 2.85. The van der Waals surface area contributed by atoms with Crippen LogP contribution in [-0.2, 0) is 6.18 Å². The van der Waals surface area contributed by atoms with E-state index in [0.717, 1.165) is 12.4 Å². The summed E-state index contributed by atoms with van der Waals surface area (Å²) >= 11 is 0. The second-order valence-corrected chi connectivity index (χ2v) is 4.94. The molecule has 2 heterocycles. The number of hydrogen-bond acceptors (Lipinski definition) is 5. The molecule has 23 heavy (non-hydrogen) atoms. The highest BCUT2D eigenvalue weighted by Gasteiger charge is 2.34. The number of nitrogens with two attached hydrogens (primary N) is 1. The van der Waals surface area contributed by atoms with E-state index in [1.54, 1.807) is 18.2 Å². The van der Waals surface area contributed by atoms with Crippen molar-refractivity contribution in [2.45, 2.75) is 6.18 Å². The van der Waals surface area contributed by atoms with E-state index in [1.165, 1.54) is 0 Å². The highest BCUT2D eigenvalue weighted by atomic mass is 19.4. The van der Waals surface area contributed by atoms with E-state index in [0.29, 0.717) is 28.0 Å². The molecule has 3 rings (SSSR count). The fourth-order valence-electron chi connectivity index (χ4n) is 2.34. The molecule has 2 aromatic rings. The fourth-order valence-corrected chi connectivity index (χ4v) is 2.34. The minimum atomic E-state index is -4.58. The first kappa shape index (κ1) is 15.3. The number of ketones is 1. The lowest BCUT2D eigenvalue weighted by atomic mass is 9.93. The molecule has 0 radical (unpaired) electrons. The number of alkyl halides is 3. The van der Waals surface area contributed by atoms with Crippen LogP contribution in [0.15, 0.2) is 35.6 Å². The Morgan fingerprint density at radius 3 is 2.39 bits per heavy atom. The molecule has 0 fully saturated rings. The van der Waals surface area contributed by atoms with Gasteiger partial charge in [0.25, 0.3) is 0 Å². The lowest BCUT2D eigenvalue weighted by Gasteiger charge is -2.16. The first-order valence-corrected chi connectivity index (χ1v) is 6.71. The number of Topliss-reactive ketones (excluding diaryl/α,β-unsaturated/α-hetero) is 1. The zero-order valence-corrected chi connectivity index (χ0v) is 11.8. The van der Waals surface area contributed by atoms with Gasteiger partial charge in [-0.1, -0.05) is 12.1 Å². The Morgan fingerprint density at radius 2 is 1.78 bits per heavy atom. The van der Waals surface area contributed by atoms with Crippen molar-refractivity contribution in [3.05, 3.63) is 47.5 Å². The SMILES string of the molecule is NCC1=NCC(=O)c2ccc(-c3cnc(C(F)(F)F)nc3)cc21. The van der Waals surface area contributed by atoms with Gasteiger partial charge in [0.1, 0.15) is 6.54 Å². The van der Waals surface area contributed by atoms with Gasteiger partial charge in [0, 0.05) is 35.6 Å². The summed E-state index contributed by atoms with van der Waals surface area (Å²) in [5.74, 6) is -1.31. The summed E-state index contributed by atoms with van der Waals surface area (Å²) in [6.45, 7) is 0.232. The smallest absolute Gasteiger partial charge is 0.325 e. The van der Waals surface area contributed by atoms with Crippen molar-refractivity contribution < 1.29 is 18.0 Å². The molecule has 0 atom stereocenters. The molecule has 1 aliphatic heterocycles. The minimum Gasteiger partial charge on any atom is -0.325 e. The number of nitrogens with zero attached hydrogens (tertiary/aromatic N) is 3. The van der Waals surface area contributed by atoms with Crippen LogP contribution >= 0.6 is 0 Å². The molecule has 0 aliphatic carbocycles. The number of benzene rings is 1. The van der Waals surface area contributed by atoms with Crippen molar-refractivity contribution in [3.8, 4) is 11.1 Å². The number of carbonyl (C=O) groups excluding carboxylic acids is 1. The van der Waals surface area contributed by atoms with Crippen LogP contribution in [0.4, 0.5) is 13.2 Å². The molecular weight excluding hydrogens is 309 g/mol. The van der Waals surface area contributed by atoms with Crippen molar-refractivity contribution in [3.63, 3.8) is 0 Å². The van der Waals surface area contributed by atoms with Crippen molar-refractivity contribution >= 4 is 11.5 Å². The van der Waals surface area contributed by atoms with Crippen LogP contribution in [0.2, 0.25) is 0 Å².